The molecule has 1 heterocycles. The van der Waals surface area contributed by atoms with E-state index in [0.29, 0.717) is 21.9 Å². The van der Waals surface area contributed by atoms with Gasteiger partial charge < -0.3 is 4.57 Å². The minimum atomic E-state index is -0.403. The molecule has 0 spiro atoms. The summed E-state index contributed by atoms with van der Waals surface area (Å²) in [6.07, 6.45) is 0. The summed E-state index contributed by atoms with van der Waals surface area (Å²) in [5, 5.41) is 0.367. The van der Waals surface area contributed by atoms with Gasteiger partial charge in [-0.05, 0) is 37.3 Å². The van der Waals surface area contributed by atoms with Gasteiger partial charge in [0.05, 0.1) is 20.8 Å². The molecule has 1 aromatic heterocycles. The Morgan fingerprint density at radius 2 is 2.09 bits per heavy atom. The Kier molecular flexibility index (Phi) is 4.09. The quantitative estimate of drug-likeness (QED) is 0.689. The van der Waals surface area contributed by atoms with E-state index in [4.69, 9.17) is 11.6 Å². The standard InChI is InChI=1S/C16H12ClFN2OS/c1-2-20-13-8-7-10(18)9-14(13)22-16(20)19-15(21)11-5-3-4-6-12(11)17/h3-9H,2H2,1H3. The summed E-state index contributed by atoms with van der Waals surface area (Å²) in [4.78, 5) is 17.0. The van der Waals surface area contributed by atoms with Crippen LogP contribution in [-0.4, -0.2) is 10.5 Å². The van der Waals surface area contributed by atoms with Crippen molar-refractivity contribution < 1.29 is 9.18 Å². The highest BCUT2D eigenvalue weighted by atomic mass is 35.5. The number of benzene rings is 2. The van der Waals surface area contributed by atoms with E-state index in [2.05, 4.69) is 4.99 Å². The Morgan fingerprint density at radius 3 is 2.82 bits per heavy atom. The number of amides is 1. The van der Waals surface area contributed by atoms with Gasteiger partial charge in [-0.25, -0.2) is 4.39 Å². The first-order valence-electron chi connectivity index (χ1n) is 6.72. The molecule has 3 nitrogen and oxygen atoms in total. The third-order valence-electron chi connectivity index (χ3n) is 3.26. The van der Waals surface area contributed by atoms with Gasteiger partial charge in [0, 0.05) is 6.54 Å². The molecule has 0 unspecified atom stereocenters. The lowest BCUT2D eigenvalue weighted by atomic mass is 10.2. The van der Waals surface area contributed by atoms with Crippen molar-refractivity contribution >= 4 is 39.1 Å². The SMILES string of the molecule is CCn1c(=NC(=O)c2ccccc2Cl)sc2cc(F)ccc21. The van der Waals surface area contributed by atoms with Crippen LogP contribution in [0.3, 0.4) is 0 Å². The molecule has 3 aromatic rings. The lowest BCUT2D eigenvalue weighted by Crippen LogP contribution is -2.16. The molecule has 0 saturated heterocycles. The molecular formula is C16H12ClFN2OS. The van der Waals surface area contributed by atoms with Crippen LogP contribution in [0.4, 0.5) is 4.39 Å². The van der Waals surface area contributed by atoms with Gasteiger partial charge in [-0.2, -0.15) is 4.99 Å². The zero-order valence-electron chi connectivity index (χ0n) is 11.7. The lowest BCUT2D eigenvalue weighted by Gasteiger charge is -2.00. The van der Waals surface area contributed by atoms with E-state index in [1.54, 1.807) is 30.3 Å². The lowest BCUT2D eigenvalue weighted by molar-refractivity contribution is 0.0998. The summed E-state index contributed by atoms with van der Waals surface area (Å²) in [7, 11) is 0. The normalized spacial score (nSPS) is 12.0. The summed E-state index contributed by atoms with van der Waals surface area (Å²) < 4.78 is 16.0. The zero-order chi connectivity index (χ0) is 15.7. The zero-order valence-corrected chi connectivity index (χ0v) is 13.3. The van der Waals surface area contributed by atoms with Crippen molar-refractivity contribution in [1.82, 2.24) is 4.57 Å². The fourth-order valence-electron chi connectivity index (χ4n) is 2.22. The van der Waals surface area contributed by atoms with Crippen molar-refractivity contribution in [2.75, 3.05) is 0 Å². The highest BCUT2D eigenvalue weighted by Gasteiger charge is 2.11. The molecule has 3 rings (SSSR count). The highest BCUT2D eigenvalue weighted by molar-refractivity contribution is 7.16. The number of carbonyl (C=O) groups is 1. The Balaban J connectivity index is 2.17. The van der Waals surface area contributed by atoms with Crippen LogP contribution in [0.15, 0.2) is 47.5 Å². The number of halogens is 2. The fourth-order valence-corrected chi connectivity index (χ4v) is 3.55. The van der Waals surface area contributed by atoms with Crippen LogP contribution in [0.2, 0.25) is 5.02 Å². The monoisotopic (exact) mass is 334 g/mol. The molecule has 112 valence electrons. The second-order valence-corrected chi connectivity index (χ2v) is 6.05. The maximum atomic E-state index is 13.3. The predicted molar refractivity (Wildman–Crippen MR) is 86.8 cm³/mol. The smallest absolute Gasteiger partial charge is 0.281 e. The van der Waals surface area contributed by atoms with Gasteiger partial charge in [-0.15, -0.1) is 0 Å². The molecule has 0 aliphatic carbocycles. The van der Waals surface area contributed by atoms with E-state index in [0.717, 1.165) is 10.2 Å². The van der Waals surface area contributed by atoms with Crippen molar-refractivity contribution in [3.8, 4) is 0 Å². The fraction of sp³-hybridized carbons (Fsp3) is 0.125. The average molecular weight is 335 g/mol. The van der Waals surface area contributed by atoms with E-state index in [1.807, 2.05) is 11.5 Å². The third kappa shape index (κ3) is 2.69. The Hall–Kier alpha value is -1.98. The van der Waals surface area contributed by atoms with Crippen LogP contribution < -0.4 is 4.80 Å². The van der Waals surface area contributed by atoms with Crippen molar-refractivity contribution in [3.05, 3.63) is 63.7 Å². The maximum Gasteiger partial charge on any atom is 0.281 e. The van der Waals surface area contributed by atoms with Gasteiger partial charge in [-0.3, -0.25) is 4.79 Å². The number of thiazole rings is 1. The second-order valence-electron chi connectivity index (χ2n) is 4.64. The molecule has 0 bridgehead atoms. The average Bonchev–Trinajstić information content (AvgIpc) is 2.83. The van der Waals surface area contributed by atoms with Gasteiger partial charge in [-0.1, -0.05) is 35.1 Å². The molecule has 1 amide bonds. The van der Waals surface area contributed by atoms with Crippen molar-refractivity contribution in [3.63, 3.8) is 0 Å². The maximum absolute atomic E-state index is 13.3. The van der Waals surface area contributed by atoms with Crippen molar-refractivity contribution in [2.24, 2.45) is 4.99 Å². The number of nitrogens with zero attached hydrogens (tertiary/aromatic N) is 2. The molecule has 6 heteroatoms. The number of aromatic nitrogens is 1. The van der Waals surface area contributed by atoms with Crippen LogP contribution in [-0.2, 0) is 6.54 Å². The van der Waals surface area contributed by atoms with Crippen molar-refractivity contribution in [2.45, 2.75) is 13.5 Å². The van der Waals surface area contributed by atoms with Gasteiger partial charge >= 0.3 is 0 Å². The number of rotatable bonds is 2. The molecule has 2 aromatic carbocycles. The Bertz CT molecular complexity index is 929. The summed E-state index contributed by atoms with van der Waals surface area (Å²) in [5.74, 6) is -0.708. The van der Waals surface area contributed by atoms with Crippen molar-refractivity contribution in [1.29, 1.82) is 0 Å². The second kappa shape index (κ2) is 6.02. The summed E-state index contributed by atoms with van der Waals surface area (Å²) in [6.45, 7) is 2.59. The molecule has 0 radical (unpaired) electrons. The topological polar surface area (TPSA) is 34.4 Å². The van der Waals surface area contributed by atoms with Crippen LogP contribution in [0.1, 0.15) is 17.3 Å². The first-order valence-corrected chi connectivity index (χ1v) is 7.92. The summed E-state index contributed by atoms with van der Waals surface area (Å²) >= 11 is 7.31. The van der Waals surface area contributed by atoms with Gasteiger partial charge in [0.25, 0.3) is 5.91 Å². The van der Waals surface area contributed by atoms with Crippen LogP contribution >= 0.6 is 22.9 Å². The number of fused-ring (bicyclic) bond motifs is 1. The summed E-state index contributed by atoms with van der Waals surface area (Å²) in [6, 6.07) is 11.3. The molecule has 0 atom stereocenters. The van der Waals surface area contributed by atoms with Crippen LogP contribution in [0.25, 0.3) is 10.2 Å². The summed E-state index contributed by atoms with van der Waals surface area (Å²) in [5.41, 5.74) is 1.22. The number of aryl methyl sites for hydroxylation is 1. The molecular weight excluding hydrogens is 323 g/mol. The largest absolute Gasteiger partial charge is 0.317 e. The minimum Gasteiger partial charge on any atom is -0.317 e. The number of hydrogen-bond donors (Lipinski definition) is 0. The van der Waals surface area contributed by atoms with Crippen LogP contribution in [0, 0.1) is 5.82 Å². The third-order valence-corrected chi connectivity index (χ3v) is 4.63. The Labute approximate surface area is 135 Å². The molecule has 0 N–H and O–H groups in total. The van der Waals surface area contributed by atoms with E-state index in [-0.39, 0.29) is 5.82 Å². The van der Waals surface area contributed by atoms with Gasteiger partial charge in [0.1, 0.15) is 5.82 Å². The molecule has 0 aliphatic heterocycles. The van der Waals surface area contributed by atoms with Crippen LogP contribution in [0.5, 0.6) is 0 Å². The first-order chi connectivity index (χ1) is 10.6. The predicted octanol–water partition coefficient (Wildman–Crippen LogP) is 4.26. The van der Waals surface area contributed by atoms with Gasteiger partial charge in [0.15, 0.2) is 4.80 Å². The van der Waals surface area contributed by atoms with E-state index in [1.165, 1.54) is 23.5 Å². The first kappa shape index (κ1) is 14.9. The highest BCUT2D eigenvalue weighted by Crippen LogP contribution is 2.19. The van der Waals surface area contributed by atoms with E-state index >= 15 is 0 Å². The molecule has 0 saturated carbocycles. The number of hydrogen-bond acceptors (Lipinski definition) is 2. The molecule has 0 aliphatic rings. The minimum absolute atomic E-state index is 0.305. The number of carbonyl (C=O) groups excluding carboxylic acids is 1. The molecule has 0 fully saturated rings. The Morgan fingerprint density at radius 1 is 1.32 bits per heavy atom. The van der Waals surface area contributed by atoms with E-state index in [9.17, 15) is 9.18 Å². The molecule has 22 heavy (non-hydrogen) atoms. The van der Waals surface area contributed by atoms with E-state index < -0.39 is 5.91 Å². The van der Waals surface area contributed by atoms with Gasteiger partial charge in [0.2, 0.25) is 0 Å².